The highest BCUT2D eigenvalue weighted by molar-refractivity contribution is 7.97. The number of nitrogens with one attached hydrogen (secondary N) is 1. The molecule has 0 radical (unpaired) electrons. The molecule has 0 aliphatic rings. The van der Waals surface area contributed by atoms with Crippen molar-refractivity contribution in [1.29, 1.82) is 0 Å². The molecule has 15 heavy (non-hydrogen) atoms. The fraction of sp³-hybridized carbons (Fsp3) is 0.800. The van der Waals surface area contributed by atoms with Crippen molar-refractivity contribution in [2.24, 2.45) is 0 Å². The standard InChI is InChI=1S/C10H19N3OS/c1-4-5-8(11-2)6-10-12-9(7-15-3)13-14-10/h8,11H,4-7H2,1-3H3. The summed E-state index contributed by atoms with van der Waals surface area (Å²) < 4.78 is 5.18. The molecule has 0 amide bonds. The number of nitrogens with zero attached hydrogens (tertiary/aromatic N) is 2. The van der Waals surface area contributed by atoms with Crippen LogP contribution in [0.3, 0.4) is 0 Å². The van der Waals surface area contributed by atoms with Crippen LogP contribution < -0.4 is 5.32 Å². The van der Waals surface area contributed by atoms with E-state index in [0.717, 1.165) is 36.7 Å². The summed E-state index contributed by atoms with van der Waals surface area (Å²) >= 11 is 1.70. The number of rotatable bonds is 7. The van der Waals surface area contributed by atoms with Crippen molar-refractivity contribution in [2.45, 2.75) is 38.0 Å². The lowest BCUT2D eigenvalue weighted by Crippen LogP contribution is -2.27. The molecule has 0 aliphatic heterocycles. The second-order valence-electron chi connectivity index (χ2n) is 3.52. The zero-order valence-electron chi connectivity index (χ0n) is 9.62. The zero-order chi connectivity index (χ0) is 11.1. The molecule has 1 aromatic heterocycles. The van der Waals surface area contributed by atoms with Gasteiger partial charge in [0.1, 0.15) is 0 Å². The van der Waals surface area contributed by atoms with Crippen molar-refractivity contribution in [3.8, 4) is 0 Å². The van der Waals surface area contributed by atoms with Gasteiger partial charge in [0, 0.05) is 12.5 Å². The fourth-order valence-corrected chi connectivity index (χ4v) is 1.84. The van der Waals surface area contributed by atoms with E-state index in [4.69, 9.17) is 4.52 Å². The van der Waals surface area contributed by atoms with Gasteiger partial charge in [-0.2, -0.15) is 16.7 Å². The molecule has 86 valence electrons. The van der Waals surface area contributed by atoms with E-state index in [0.29, 0.717) is 6.04 Å². The Morgan fingerprint density at radius 2 is 2.33 bits per heavy atom. The van der Waals surface area contributed by atoms with Crippen LogP contribution in [-0.4, -0.2) is 29.5 Å². The van der Waals surface area contributed by atoms with Crippen LogP contribution >= 0.6 is 11.8 Å². The van der Waals surface area contributed by atoms with Crippen LogP contribution in [0.5, 0.6) is 0 Å². The summed E-state index contributed by atoms with van der Waals surface area (Å²) in [5.74, 6) is 2.36. The molecule has 1 N–H and O–H groups in total. The Balaban J connectivity index is 2.47. The summed E-state index contributed by atoms with van der Waals surface area (Å²) in [5, 5.41) is 7.18. The Labute approximate surface area is 95.2 Å². The number of thioether (sulfide) groups is 1. The minimum Gasteiger partial charge on any atom is -0.339 e. The van der Waals surface area contributed by atoms with Crippen LogP contribution in [0.2, 0.25) is 0 Å². The van der Waals surface area contributed by atoms with E-state index in [1.54, 1.807) is 11.8 Å². The molecule has 1 heterocycles. The van der Waals surface area contributed by atoms with Gasteiger partial charge >= 0.3 is 0 Å². The molecule has 0 aromatic carbocycles. The first-order valence-electron chi connectivity index (χ1n) is 5.27. The monoisotopic (exact) mass is 229 g/mol. The highest BCUT2D eigenvalue weighted by Gasteiger charge is 2.11. The van der Waals surface area contributed by atoms with Crippen LogP contribution in [0.1, 0.15) is 31.5 Å². The summed E-state index contributed by atoms with van der Waals surface area (Å²) in [7, 11) is 1.97. The van der Waals surface area contributed by atoms with E-state index in [2.05, 4.69) is 22.4 Å². The van der Waals surface area contributed by atoms with Crippen LogP contribution in [0, 0.1) is 0 Å². The molecule has 1 unspecified atom stereocenters. The molecule has 1 aromatic rings. The third-order valence-electron chi connectivity index (χ3n) is 2.25. The third-order valence-corrected chi connectivity index (χ3v) is 2.80. The van der Waals surface area contributed by atoms with Crippen molar-refractivity contribution in [3.05, 3.63) is 11.7 Å². The molecule has 0 saturated heterocycles. The van der Waals surface area contributed by atoms with Crippen molar-refractivity contribution in [3.63, 3.8) is 0 Å². The van der Waals surface area contributed by atoms with Crippen molar-refractivity contribution < 1.29 is 4.52 Å². The Morgan fingerprint density at radius 1 is 1.53 bits per heavy atom. The van der Waals surface area contributed by atoms with Gasteiger partial charge in [0.15, 0.2) is 5.82 Å². The van der Waals surface area contributed by atoms with E-state index >= 15 is 0 Å². The summed E-state index contributed by atoms with van der Waals surface area (Å²) in [6.07, 6.45) is 5.16. The molecule has 0 fully saturated rings. The van der Waals surface area contributed by atoms with Crippen LogP contribution in [0.15, 0.2) is 4.52 Å². The number of hydrogen-bond donors (Lipinski definition) is 1. The van der Waals surface area contributed by atoms with E-state index in [1.807, 2.05) is 13.3 Å². The van der Waals surface area contributed by atoms with Crippen molar-refractivity contribution >= 4 is 11.8 Å². The number of hydrogen-bond acceptors (Lipinski definition) is 5. The van der Waals surface area contributed by atoms with Crippen LogP contribution in [0.25, 0.3) is 0 Å². The SMILES string of the molecule is CCCC(Cc1nc(CSC)no1)NC. The Bertz CT molecular complexity index is 277. The smallest absolute Gasteiger partial charge is 0.228 e. The first-order chi connectivity index (χ1) is 7.30. The molecule has 1 rings (SSSR count). The molecule has 0 bridgehead atoms. The predicted molar refractivity (Wildman–Crippen MR) is 63.0 cm³/mol. The highest BCUT2D eigenvalue weighted by atomic mass is 32.2. The average molecular weight is 229 g/mol. The van der Waals surface area contributed by atoms with E-state index in [-0.39, 0.29) is 0 Å². The minimum absolute atomic E-state index is 0.442. The van der Waals surface area contributed by atoms with Crippen molar-refractivity contribution in [1.82, 2.24) is 15.5 Å². The molecule has 5 heteroatoms. The Kier molecular flexibility index (Phi) is 5.71. The largest absolute Gasteiger partial charge is 0.339 e. The van der Waals surface area contributed by atoms with Crippen LogP contribution in [-0.2, 0) is 12.2 Å². The van der Waals surface area contributed by atoms with Gasteiger partial charge < -0.3 is 9.84 Å². The molecular formula is C10H19N3OS. The quantitative estimate of drug-likeness (QED) is 0.773. The maximum atomic E-state index is 5.18. The zero-order valence-corrected chi connectivity index (χ0v) is 10.4. The van der Waals surface area contributed by atoms with Gasteiger partial charge in [0.05, 0.1) is 5.75 Å². The number of aromatic nitrogens is 2. The topological polar surface area (TPSA) is 51.0 Å². The molecule has 0 spiro atoms. The molecular weight excluding hydrogens is 210 g/mol. The lowest BCUT2D eigenvalue weighted by molar-refractivity contribution is 0.353. The average Bonchev–Trinajstić information content (AvgIpc) is 2.66. The minimum atomic E-state index is 0.442. The van der Waals surface area contributed by atoms with Gasteiger partial charge in [-0.3, -0.25) is 0 Å². The third kappa shape index (κ3) is 4.22. The molecule has 0 aliphatic carbocycles. The maximum absolute atomic E-state index is 5.18. The molecule has 0 saturated carbocycles. The summed E-state index contributed by atoms with van der Waals surface area (Å²) in [4.78, 5) is 4.33. The van der Waals surface area contributed by atoms with Gasteiger partial charge in [-0.25, -0.2) is 0 Å². The summed E-state index contributed by atoms with van der Waals surface area (Å²) in [6.45, 7) is 2.18. The second-order valence-corrected chi connectivity index (χ2v) is 4.38. The fourth-order valence-electron chi connectivity index (χ4n) is 1.47. The summed E-state index contributed by atoms with van der Waals surface area (Å²) in [5.41, 5.74) is 0. The van der Waals surface area contributed by atoms with Gasteiger partial charge in [-0.05, 0) is 19.7 Å². The van der Waals surface area contributed by atoms with E-state index in [1.165, 1.54) is 0 Å². The van der Waals surface area contributed by atoms with E-state index < -0.39 is 0 Å². The van der Waals surface area contributed by atoms with Gasteiger partial charge in [-0.15, -0.1) is 0 Å². The lowest BCUT2D eigenvalue weighted by Gasteiger charge is -2.11. The van der Waals surface area contributed by atoms with Crippen LogP contribution in [0.4, 0.5) is 0 Å². The first-order valence-corrected chi connectivity index (χ1v) is 6.67. The maximum Gasteiger partial charge on any atom is 0.228 e. The lowest BCUT2D eigenvalue weighted by atomic mass is 10.1. The van der Waals surface area contributed by atoms with Gasteiger partial charge in [0.2, 0.25) is 5.89 Å². The number of likely N-dealkylation sites (N-methyl/N-ethyl adjacent to an activating group) is 1. The molecule has 1 atom stereocenters. The van der Waals surface area contributed by atoms with Gasteiger partial charge in [0.25, 0.3) is 0 Å². The van der Waals surface area contributed by atoms with Crippen molar-refractivity contribution in [2.75, 3.05) is 13.3 Å². The normalized spacial score (nSPS) is 13.0. The first kappa shape index (κ1) is 12.5. The molecule has 4 nitrogen and oxygen atoms in total. The Morgan fingerprint density at radius 3 is 2.93 bits per heavy atom. The highest BCUT2D eigenvalue weighted by Crippen LogP contribution is 2.08. The van der Waals surface area contributed by atoms with E-state index in [9.17, 15) is 0 Å². The van der Waals surface area contributed by atoms with Gasteiger partial charge in [-0.1, -0.05) is 18.5 Å². The predicted octanol–water partition coefficient (Wildman–Crippen LogP) is 1.86. The second kappa shape index (κ2) is 6.85. The Hall–Kier alpha value is -0.550. The summed E-state index contributed by atoms with van der Waals surface area (Å²) in [6, 6.07) is 0.442.